The highest BCUT2D eigenvalue weighted by Gasteiger charge is 2.41. The van der Waals surface area contributed by atoms with Crippen LogP contribution in [-0.4, -0.2) is 39.8 Å². The van der Waals surface area contributed by atoms with Gasteiger partial charge in [-0.25, -0.2) is 9.78 Å². The number of aliphatic hydroxyl groups is 1. The van der Waals surface area contributed by atoms with E-state index in [2.05, 4.69) is 4.98 Å². The average Bonchev–Trinajstić information content (AvgIpc) is 2.83. The van der Waals surface area contributed by atoms with Crippen molar-refractivity contribution >= 4 is 6.09 Å². The van der Waals surface area contributed by atoms with E-state index in [9.17, 15) is 9.90 Å². The lowest BCUT2D eigenvalue weighted by atomic mass is 9.89. The summed E-state index contributed by atoms with van der Waals surface area (Å²) in [5, 5.41) is 10.6. The summed E-state index contributed by atoms with van der Waals surface area (Å²) in [5.74, 6) is 0.573. The summed E-state index contributed by atoms with van der Waals surface area (Å²) in [6.07, 6.45) is 2.19. The van der Waals surface area contributed by atoms with Gasteiger partial charge in [0.1, 0.15) is 6.10 Å². The van der Waals surface area contributed by atoms with Crippen LogP contribution in [0.1, 0.15) is 56.9 Å². The van der Waals surface area contributed by atoms with Gasteiger partial charge in [0.15, 0.2) is 0 Å². The number of amides is 1. The fourth-order valence-electron chi connectivity index (χ4n) is 4.63. The van der Waals surface area contributed by atoms with Gasteiger partial charge in [-0.15, -0.1) is 0 Å². The summed E-state index contributed by atoms with van der Waals surface area (Å²) in [4.78, 5) is 19.3. The summed E-state index contributed by atoms with van der Waals surface area (Å²) in [6, 6.07) is 21.3. The van der Waals surface area contributed by atoms with Gasteiger partial charge < -0.3 is 14.6 Å². The Hall–Kier alpha value is -3.38. The maximum Gasteiger partial charge on any atom is 0.411 e. The van der Waals surface area contributed by atoms with E-state index in [1.807, 2.05) is 73.7 Å². The Morgan fingerprint density at radius 3 is 2.35 bits per heavy atom. The highest BCUT2D eigenvalue weighted by atomic mass is 16.6. The number of carbonyl (C=O) groups excluding carboxylic acids is 1. The lowest BCUT2D eigenvalue weighted by molar-refractivity contribution is -0.0422. The zero-order chi connectivity index (χ0) is 24.3. The molecule has 34 heavy (non-hydrogen) atoms. The maximum absolute atomic E-state index is 13.2. The van der Waals surface area contributed by atoms with Gasteiger partial charge in [0.2, 0.25) is 5.88 Å². The number of nitrogens with zero attached hydrogens (tertiary/aromatic N) is 2. The quantitative estimate of drug-likeness (QED) is 0.473. The second kappa shape index (κ2) is 9.85. The highest BCUT2D eigenvalue weighted by Crippen LogP contribution is 2.38. The molecule has 0 unspecified atom stereocenters. The van der Waals surface area contributed by atoms with Crippen LogP contribution in [0.25, 0.3) is 11.1 Å². The predicted octanol–water partition coefficient (Wildman–Crippen LogP) is 5.93. The number of methoxy groups -OCH3 is 1. The van der Waals surface area contributed by atoms with E-state index in [0.717, 1.165) is 22.3 Å². The molecule has 4 rings (SSSR count). The Kier molecular flexibility index (Phi) is 6.89. The van der Waals surface area contributed by atoms with Gasteiger partial charge in [-0.1, -0.05) is 54.6 Å². The monoisotopic (exact) mass is 460 g/mol. The SMILES string of the molecule is COc1ccc(-c2ccc([C@H](C)N3C(=O)O[C@H](c4ccccc4)C[C@H]3CC(C)(C)O)cc2)cn1. The molecule has 0 saturated carbocycles. The van der Waals surface area contributed by atoms with Crippen LogP contribution in [0.3, 0.4) is 0 Å². The van der Waals surface area contributed by atoms with Crippen molar-refractivity contribution in [2.24, 2.45) is 0 Å². The van der Waals surface area contributed by atoms with Crippen LogP contribution in [0.2, 0.25) is 0 Å². The molecule has 0 bridgehead atoms. The van der Waals surface area contributed by atoms with E-state index < -0.39 is 5.60 Å². The second-order valence-electron chi connectivity index (χ2n) is 9.48. The first-order chi connectivity index (χ1) is 16.2. The first-order valence-electron chi connectivity index (χ1n) is 11.6. The van der Waals surface area contributed by atoms with Gasteiger partial charge in [-0.05, 0) is 49.9 Å². The molecule has 6 nitrogen and oxygen atoms in total. The molecule has 2 heterocycles. The van der Waals surface area contributed by atoms with Crippen molar-refractivity contribution in [1.29, 1.82) is 0 Å². The van der Waals surface area contributed by atoms with Gasteiger partial charge in [-0.2, -0.15) is 0 Å². The van der Waals surface area contributed by atoms with Gasteiger partial charge in [0.05, 0.1) is 18.8 Å². The molecule has 178 valence electrons. The topological polar surface area (TPSA) is 71.9 Å². The summed E-state index contributed by atoms with van der Waals surface area (Å²) in [6.45, 7) is 5.57. The molecule has 1 aromatic heterocycles. The number of rotatable bonds is 7. The van der Waals surface area contributed by atoms with Crippen LogP contribution >= 0.6 is 0 Å². The predicted molar refractivity (Wildman–Crippen MR) is 131 cm³/mol. The average molecular weight is 461 g/mol. The smallest absolute Gasteiger partial charge is 0.411 e. The Bertz CT molecular complexity index is 1090. The van der Waals surface area contributed by atoms with Crippen molar-refractivity contribution in [3.63, 3.8) is 0 Å². The van der Waals surface area contributed by atoms with E-state index in [4.69, 9.17) is 9.47 Å². The van der Waals surface area contributed by atoms with Crippen LogP contribution in [0.5, 0.6) is 5.88 Å². The maximum atomic E-state index is 13.2. The van der Waals surface area contributed by atoms with Crippen molar-refractivity contribution in [2.45, 2.75) is 57.4 Å². The minimum Gasteiger partial charge on any atom is -0.481 e. The molecule has 0 radical (unpaired) electrons. The van der Waals surface area contributed by atoms with E-state index in [0.29, 0.717) is 18.7 Å². The Morgan fingerprint density at radius 2 is 1.76 bits per heavy atom. The van der Waals surface area contributed by atoms with Crippen molar-refractivity contribution in [3.05, 3.63) is 84.1 Å². The van der Waals surface area contributed by atoms with Gasteiger partial charge in [0.25, 0.3) is 0 Å². The Labute approximate surface area is 201 Å². The Morgan fingerprint density at radius 1 is 1.09 bits per heavy atom. The van der Waals surface area contributed by atoms with E-state index in [1.165, 1.54) is 0 Å². The number of aromatic nitrogens is 1. The number of ether oxygens (including phenoxy) is 2. The van der Waals surface area contributed by atoms with Gasteiger partial charge >= 0.3 is 6.09 Å². The molecule has 2 aromatic carbocycles. The van der Waals surface area contributed by atoms with E-state index in [-0.39, 0.29) is 24.3 Å². The summed E-state index contributed by atoms with van der Waals surface area (Å²) in [7, 11) is 1.59. The number of carbonyl (C=O) groups is 1. The van der Waals surface area contributed by atoms with Crippen molar-refractivity contribution in [3.8, 4) is 17.0 Å². The molecule has 1 saturated heterocycles. The van der Waals surface area contributed by atoms with Gasteiger partial charge in [0, 0.05) is 30.3 Å². The molecular formula is C28H32N2O4. The normalized spacial score (nSPS) is 19.4. The molecule has 1 aliphatic rings. The summed E-state index contributed by atoms with van der Waals surface area (Å²) >= 11 is 0. The lowest BCUT2D eigenvalue weighted by Crippen LogP contribution is -2.50. The number of hydrogen-bond donors (Lipinski definition) is 1. The lowest BCUT2D eigenvalue weighted by Gasteiger charge is -2.44. The first-order valence-corrected chi connectivity index (χ1v) is 11.6. The summed E-state index contributed by atoms with van der Waals surface area (Å²) < 4.78 is 11.0. The first kappa shape index (κ1) is 23.8. The van der Waals surface area contributed by atoms with Crippen LogP contribution in [0, 0.1) is 0 Å². The molecule has 0 aliphatic carbocycles. The molecule has 1 aliphatic heterocycles. The molecule has 1 N–H and O–H groups in total. The van der Waals surface area contributed by atoms with Crippen molar-refractivity contribution in [2.75, 3.05) is 7.11 Å². The van der Waals surface area contributed by atoms with Crippen molar-refractivity contribution < 1.29 is 19.4 Å². The molecular weight excluding hydrogens is 428 g/mol. The third kappa shape index (κ3) is 5.39. The zero-order valence-corrected chi connectivity index (χ0v) is 20.1. The number of hydrogen-bond acceptors (Lipinski definition) is 5. The Balaban J connectivity index is 1.57. The number of cyclic esters (lactones) is 1. The van der Waals surface area contributed by atoms with E-state index in [1.54, 1.807) is 32.1 Å². The molecule has 1 fully saturated rings. The van der Waals surface area contributed by atoms with E-state index >= 15 is 0 Å². The van der Waals surface area contributed by atoms with Gasteiger partial charge in [-0.3, -0.25) is 4.90 Å². The molecule has 3 aromatic rings. The molecule has 0 spiro atoms. The highest BCUT2D eigenvalue weighted by molar-refractivity contribution is 5.70. The van der Waals surface area contributed by atoms with Crippen LogP contribution < -0.4 is 4.74 Å². The largest absolute Gasteiger partial charge is 0.481 e. The minimum atomic E-state index is -0.910. The zero-order valence-electron chi connectivity index (χ0n) is 20.1. The fraction of sp³-hybridized carbons (Fsp3) is 0.357. The van der Waals surface area contributed by atoms with Crippen LogP contribution in [0.15, 0.2) is 72.9 Å². The third-order valence-corrected chi connectivity index (χ3v) is 6.33. The second-order valence-corrected chi connectivity index (χ2v) is 9.48. The standard InChI is InChI=1S/C28H32N2O4/c1-19(20-10-12-21(13-11-20)23-14-15-26(33-4)29-18-23)30-24(17-28(2,3)32)16-25(34-27(30)31)22-8-6-5-7-9-22/h5-15,18-19,24-25,32H,16-17H2,1-4H3/t19-,24-,25-/m0/s1. The third-order valence-electron chi connectivity index (χ3n) is 6.33. The molecule has 6 heteroatoms. The van der Waals surface area contributed by atoms with Crippen molar-refractivity contribution in [1.82, 2.24) is 9.88 Å². The summed E-state index contributed by atoms with van der Waals surface area (Å²) in [5.41, 5.74) is 3.09. The number of pyridine rings is 1. The van der Waals surface area contributed by atoms with Crippen LogP contribution in [0.4, 0.5) is 4.79 Å². The minimum absolute atomic E-state index is 0.160. The number of benzene rings is 2. The van der Waals surface area contributed by atoms with Crippen LogP contribution in [-0.2, 0) is 4.74 Å². The molecule has 3 atom stereocenters. The molecule has 1 amide bonds. The fourth-order valence-corrected chi connectivity index (χ4v) is 4.63.